The highest BCUT2D eigenvalue weighted by Crippen LogP contribution is 2.44. The van der Waals surface area contributed by atoms with Gasteiger partial charge in [0.1, 0.15) is 5.60 Å². The van der Waals surface area contributed by atoms with Crippen molar-refractivity contribution in [1.82, 2.24) is 0 Å². The largest absolute Gasteiger partial charge is 0.390 e. The summed E-state index contributed by atoms with van der Waals surface area (Å²) in [6, 6.07) is 0. The van der Waals surface area contributed by atoms with Crippen LogP contribution in [0.2, 0.25) is 0 Å². The van der Waals surface area contributed by atoms with Crippen LogP contribution in [0.3, 0.4) is 0 Å². The van der Waals surface area contributed by atoms with E-state index in [0.717, 1.165) is 32.3 Å². The van der Waals surface area contributed by atoms with Gasteiger partial charge in [-0.25, -0.2) is 0 Å². The van der Waals surface area contributed by atoms with Gasteiger partial charge < -0.3 is 14.6 Å². The van der Waals surface area contributed by atoms with E-state index in [1.807, 2.05) is 6.92 Å². The summed E-state index contributed by atoms with van der Waals surface area (Å²) in [7, 11) is 0. The molecular formula is C20H30O3. The Morgan fingerprint density at radius 3 is 2.70 bits per heavy atom. The van der Waals surface area contributed by atoms with Crippen molar-refractivity contribution in [1.29, 1.82) is 0 Å². The summed E-state index contributed by atoms with van der Waals surface area (Å²) in [5.41, 5.74) is 5.18. The predicted octanol–water partition coefficient (Wildman–Crippen LogP) is 4.08. The first kappa shape index (κ1) is 16.9. The molecule has 3 nitrogen and oxygen atoms in total. The van der Waals surface area contributed by atoms with E-state index in [4.69, 9.17) is 9.47 Å². The van der Waals surface area contributed by atoms with Crippen LogP contribution < -0.4 is 0 Å². The molecule has 0 radical (unpaired) electrons. The molecule has 0 amide bonds. The lowest BCUT2D eigenvalue weighted by Gasteiger charge is -2.16. The lowest BCUT2D eigenvalue weighted by atomic mass is 9.91. The van der Waals surface area contributed by atoms with E-state index in [1.165, 1.54) is 22.3 Å². The van der Waals surface area contributed by atoms with Crippen molar-refractivity contribution >= 4 is 0 Å². The lowest BCUT2D eigenvalue weighted by molar-refractivity contribution is 0.0871. The molecule has 3 aliphatic rings. The molecule has 2 heterocycles. The highest BCUT2D eigenvalue weighted by atomic mass is 16.6. The zero-order valence-corrected chi connectivity index (χ0v) is 14.9. The fourth-order valence-corrected chi connectivity index (χ4v) is 3.75. The van der Waals surface area contributed by atoms with Crippen molar-refractivity contribution in [3.05, 3.63) is 34.4 Å². The van der Waals surface area contributed by atoms with Crippen molar-refractivity contribution in [3.8, 4) is 0 Å². The Labute approximate surface area is 140 Å². The summed E-state index contributed by atoms with van der Waals surface area (Å²) in [5, 5.41) is 10.5. The van der Waals surface area contributed by atoms with Crippen LogP contribution in [-0.2, 0) is 9.47 Å². The summed E-state index contributed by atoms with van der Waals surface area (Å²) in [5.74, 6) is 0. The van der Waals surface area contributed by atoms with Gasteiger partial charge in [0.05, 0.1) is 24.9 Å². The van der Waals surface area contributed by atoms with Crippen LogP contribution in [0.5, 0.6) is 0 Å². The number of rotatable bonds is 0. The standard InChI is InChI=1S/C20H30O3/c1-13-5-8-16-15(3)12-22-17(16)11-14(2)7-10-19-20(4,23-19)18(21)9-6-13/h6,11,17-19,21H,5,7-10,12H2,1-4H3. The van der Waals surface area contributed by atoms with E-state index < -0.39 is 6.10 Å². The van der Waals surface area contributed by atoms with Crippen LogP contribution in [-0.4, -0.2) is 35.6 Å². The molecule has 23 heavy (non-hydrogen) atoms. The quantitative estimate of drug-likeness (QED) is 0.540. The average Bonchev–Trinajstić information content (AvgIpc) is 3.07. The molecule has 4 atom stereocenters. The molecule has 0 aromatic carbocycles. The molecular weight excluding hydrogens is 288 g/mol. The molecule has 4 unspecified atom stereocenters. The smallest absolute Gasteiger partial charge is 0.118 e. The molecule has 1 saturated heterocycles. The number of ether oxygens (including phenoxy) is 2. The second-order valence-electron chi connectivity index (χ2n) is 7.68. The number of epoxide rings is 1. The maximum absolute atomic E-state index is 10.5. The topological polar surface area (TPSA) is 42.0 Å². The van der Waals surface area contributed by atoms with Gasteiger partial charge in [0.2, 0.25) is 0 Å². The van der Waals surface area contributed by atoms with Gasteiger partial charge in [0.25, 0.3) is 0 Å². The van der Waals surface area contributed by atoms with Gasteiger partial charge in [0, 0.05) is 0 Å². The third-order valence-electron chi connectivity index (χ3n) is 5.73. The molecule has 0 bridgehead atoms. The Balaban J connectivity index is 1.79. The van der Waals surface area contributed by atoms with Gasteiger partial charge in [-0.3, -0.25) is 0 Å². The van der Waals surface area contributed by atoms with Crippen LogP contribution >= 0.6 is 0 Å². The van der Waals surface area contributed by atoms with Crippen molar-refractivity contribution < 1.29 is 14.6 Å². The summed E-state index contributed by atoms with van der Waals surface area (Å²) in [6.07, 6.45) is 9.15. The zero-order valence-electron chi connectivity index (χ0n) is 14.9. The minimum Gasteiger partial charge on any atom is -0.390 e. The maximum atomic E-state index is 10.5. The Hall–Kier alpha value is -0.900. The first-order valence-corrected chi connectivity index (χ1v) is 8.89. The predicted molar refractivity (Wildman–Crippen MR) is 92.3 cm³/mol. The van der Waals surface area contributed by atoms with E-state index in [9.17, 15) is 5.11 Å². The Morgan fingerprint density at radius 2 is 1.91 bits per heavy atom. The number of aliphatic hydroxyl groups excluding tert-OH is 1. The van der Waals surface area contributed by atoms with Crippen molar-refractivity contribution in [2.24, 2.45) is 0 Å². The van der Waals surface area contributed by atoms with Crippen LogP contribution in [0.1, 0.15) is 59.8 Å². The van der Waals surface area contributed by atoms with Gasteiger partial charge in [-0.2, -0.15) is 0 Å². The van der Waals surface area contributed by atoms with Crippen LogP contribution in [0.4, 0.5) is 0 Å². The number of allylic oxidation sites excluding steroid dienone is 2. The molecule has 1 fully saturated rings. The van der Waals surface area contributed by atoms with Crippen LogP contribution in [0, 0.1) is 0 Å². The van der Waals surface area contributed by atoms with Gasteiger partial charge in [-0.1, -0.05) is 23.3 Å². The molecule has 0 aromatic rings. The molecule has 2 aliphatic heterocycles. The van der Waals surface area contributed by atoms with Gasteiger partial charge in [0.15, 0.2) is 0 Å². The fraction of sp³-hybridized carbons (Fsp3) is 0.700. The minimum atomic E-state index is -0.404. The van der Waals surface area contributed by atoms with E-state index in [0.29, 0.717) is 6.42 Å². The molecule has 128 valence electrons. The first-order chi connectivity index (χ1) is 10.9. The molecule has 3 heteroatoms. The number of aliphatic hydroxyl groups is 1. The SMILES string of the molecule is CC1=CCC(O)C2(C)OC2CCC(C)=CC2OCC(C)=C2CC1. The summed E-state index contributed by atoms with van der Waals surface area (Å²) in [6.45, 7) is 9.33. The molecule has 0 spiro atoms. The molecule has 0 saturated carbocycles. The number of hydrogen-bond donors (Lipinski definition) is 1. The van der Waals surface area contributed by atoms with Crippen LogP contribution in [0.25, 0.3) is 0 Å². The highest BCUT2D eigenvalue weighted by Gasteiger charge is 2.56. The average molecular weight is 318 g/mol. The molecule has 1 N–H and O–H groups in total. The fourth-order valence-electron chi connectivity index (χ4n) is 3.75. The Bertz CT molecular complexity index is 557. The first-order valence-electron chi connectivity index (χ1n) is 8.89. The van der Waals surface area contributed by atoms with E-state index >= 15 is 0 Å². The van der Waals surface area contributed by atoms with E-state index in [2.05, 4.69) is 32.9 Å². The Kier molecular flexibility index (Phi) is 4.82. The molecule has 0 aromatic heterocycles. The second-order valence-corrected chi connectivity index (χ2v) is 7.68. The summed E-state index contributed by atoms with van der Waals surface area (Å²) < 4.78 is 11.8. The highest BCUT2D eigenvalue weighted by molar-refractivity contribution is 5.29. The van der Waals surface area contributed by atoms with Gasteiger partial charge in [-0.15, -0.1) is 0 Å². The Morgan fingerprint density at radius 1 is 1.13 bits per heavy atom. The van der Waals surface area contributed by atoms with Crippen molar-refractivity contribution in [2.45, 2.75) is 83.7 Å². The second kappa shape index (κ2) is 6.54. The van der Waals surface area contributed by atoms with Crippen molar-refractivity contribution in [3.63, 3.8) is 0 Å². The minimum absolute atomic E-state index is 0.155. The summed E-state index contributed by atoms with van der Waals surface area (Å²) >= 11 is 0. The number of fused-ring (bicyclic) bond motifs is 2. The van der Waals surface area contributed by atoms with Crippen LogP contribution in [0.15, 0.2) is 34.4 Å². The normalized spacial score (nSPS) is 39.1. The number of hydrogen-bond acceptors (Lipinski definition) is 3. The van der Waals surface area contributed by atoms with Gasteiger partial charge >= 0.3 is 0 Å². The lowest BCUT2D eigenvalue weighted by Crippen LogP contribution is -2.28. The zero-order chi connectivity index (χ0) is 16.6. The van der Waals surface area contributed by atoms with Crippen molar-refractivity contribution in [2.75, 3.05) is 6.61 Å². The molecule has 1 aliphatic carbocycles. The maximum Gasteiger partial charge on any atom is 0.118 e. The monoisotopic (exact) mass is 318 g/mol. The third-order valence-corrected chi connectivity index (χ3v) is 5.73. The van der Waals surface area contributed by atoms with E-state index in [-0.39, 0.29) is 17.8 Å². The molecule has 3 rings (SSSR count). The van der Waals surface area contributed by atoms with E-state index in [1.54, 1.807) is 0 Å². The van der Waals surface area contributed by atoms with Gasteiger partial charge in [-0.05, 0) is 70.9 Å². The third kappa shape index (κ3) is 3.62. The summed E-state index contributed by atoms with van der Waals surface area (Å²) in [4.78, 5) is 0.